The molecule has 0 spiro atoms. The second-order valence-electron chi connectivity index (χ2n) is 4.30. The molecule has 0 amide bonds. The van der Waals surface area contributed by atoms with E-state index < -0.39 is 0 Å². The van der Waals surface area contributed by atoms with Crippen molar-refractivity contribution in [3.8, 4) is 5.88 Å². The molecule has 1 aromatic heterocycles. The van der Waals surface area contributed by atoms with Crippen LogP contribution in [0, 0.1) is 5.92 Å². The van der Waals surface area contributed by atoms with E-state index in [1.54, 1.807) is 6.20 Å². The quantitative estimate of drug-likeness (QED) is 0.751. The average Bonchev–Trinajstić information content (AvgIpc) is 2.68. The molecule has 2 heteroatoms. The summed E-state index contributed by atoms with van der Waals surface area (Å²) in [5.41, 5.74) is 0. The highest BCUT2D eigenvalue weighted by atomic mass is 16.5. The molecule has 1 aromatic rings. The van der Waals surface area contributed by atoms with Crippen molar-refractivity contribution in [2.75, 3.05) is 0 Å². The summed E-state index contributed by atoms with van der Waals surface area (Å²) < 4.78 is 5.93. The zero-order valence-corrected chi connectivity index (χ0v) is 9.36. The van der Waals surface area contributed by atoms with E-state index in [0.29, 0.717) is 6.10 Å². The summed E-state index contributed by atoms with van der Waals surface area (Å²) in [4.78, 5) is 4.21. The molecule has 0 saturated heterocycles. The van der Waals surface area contributed by atoms with Gasteiger partial charge in [-0.2, -0.15) is 0 Å². The molecule has 1 fully saturated rings. The van der Waals surface area contributed by atoms with Crippen LogP contribution in [0.4, 0.5) is 0 Å². The van der Waals surface area contributed by atoms with Crippen molar-refractivity contribution in [3.63, 3.8) is 0 Å². The summed E-state index contributed by atoms with van der Waals surface area (Å²) in [6.45, 7) is 2.25. The van der Waals surface area contributed by atoms with Crippen LogP contribution in [0.1, 0.15) is 39.0 Å². The Morgan fingerprint density at radius 1 is 1.40 bits per heavy atom. The second kappa shape index (κ2) is 5.15. The molecule has 1 aliphatic carbocycles. The van der Waals surface area contributed by atoms with E-state index in [0.717, 1.165) is 11.8 Å². The number of ether oxygens (including phenoxy) is 1. The molecule has 2 unspecified atom stereocenters. The van der Waals surface area contributed by atoms with Gasteiger partial charge in [-0.25, -0.2) is 4.98 Å². The van der Waals surface area contributed by atoms with Crippen molar-refractivity contribution < 1.29 is 4.74 Å². The Kier molecular flexibility index (Phi) is 3.59. The van der Waals surface area contributed by atoms with Crippen LogP contribution in [-0.2, 0) is 0 Å². The molecule has 82 valence electrons. The summed E-state index contributed by atoms with van der Waals surface area (Å²) in [6.07, 6.45) is 8.57. The van der Waals surface area contributed by atoms with E-state index in [9.17, 15) is 0 Å². The molecule has 0 aromatic carbocycles. The predicted molar refractivity (Wildman–Crippen MR) is 60.9 cm³/mol. The minimum atomic E-state index is 0.403. The van der Waals surface area contributed by atoms with Crippen LogP contribution in [0.25, 0.3) is 0 Å². The number of pyridine rings is 1. The van der Waals surface area contributed by atoms with Crippen LogP contribution < -0.4 is 4.74 Å². The maximum atomic E-state index is 5.93. The van der Waals surface area contributed by atoms with Gasteiger partial charge in [0, 0.05) is 12.3 Å². The van der Waals surface area contributed by atoms with Gasteiger partial charge in [0.2, 0.25) is 5.88 Å². The average molecular weight is 205 g/mol. The highest BCUT2D eigenvalue weighted by Crippen LogP contribution is 2.32. The van der Waals surface area contributed by atoms with Crippen LogP contribution in [0.3, 0.4) is 0 Å². The smallest absolute Gasteiger partial charge is 0.213 e. The Morgan fingerprint density at radius 3 is 3.07 bits per heavy atom. The summed E-state index contributed by atoms with van der Waals surface area (Å²) in [7, 11) is 0. The molecule has 1 heterocycles. The Labute approximate surface area is 91.7 Å². The minimum Gasteiger partial charge on any atom is -0.474 e. The summed E-state index contributed by atoms with van der Waals surface area (Å²) >= 11 is 0. The first kappa shape index (κ1) is 10.5. The van der Waals surface area contributed by atoms with Gasteiger partial charge in [-0.3, -0.25) is 0 Å². The molecule has 2 atom stereocenters. The fraction of sp³-hybridized carbons (Fsp3) is 0.615. The highest BCUT2D eigenvalue weighted by Gasteiger charge is 2.28. The third-order valence-corrected chi connectivity index (χ3v) is 3.16. The third kappa shape index (κ3) is 2.71. The second-order valence-corrected chi connectivity index (χ2v) is 4.30. The Morgan fingerprint density at radius 2 is 2.33 bits per heavy atom. The van der Waals surface area contributed by atoms with Gasteiger partial charge in [0.15, 0.2) is 0 Å². The van der Waals surface area contributed by atoms with Crippen LogP contribution in [-0.4, -0.2) is 11.1 Å². The molecule has 0 bridgehead atoms. The molecular weight excluding hydrogens is 186 g/mol. The number of rotatable bonds is 4. The third-order valence-electron chi connectivity index (χ3n) is 3.16. The lowest BCUT2D eigenvalue weighted by Crippen LogP contribution is -2.21. The molecule has 0 radical (unpaired) electrons. The number of nitrogens with zero attached hydrogens (tertiary/aromatic N) is 1. The first-order chi connectivity index (χ1) is 7.40. The van der Waals surface area contributed by atoms with Crippen molar-refractivity contribution >= 4 is 0 Å². The molecule has 15 heavy (non-hydrogen) atoms. The maximum Gasteiger partial charge on any atom is 0.213 e. The fourth-order valence-corrected chi connectivity index (χ4v) is 2.43. The zero-order chi connectivity index (χ0) is 10.5. The molecular formula is C13H19NO. The van der Waals surface area contributed by atoms with Gasteiger partial charge in [0.25, 0.3) is 0 Å². The molecule has 0 aliphatic heterocycles. The molecule has 1 saturated carbocycles. The maximum absolute atomic E-state index is 5.93. The monoisotopic (exact) mass is 205 g/mol. The van der Waals surface area contributed by atoms with Gasteiger partial charge in [-0.15, -0.1) is 0 Å². The SMILES string of the molecule is CCCC1CCCC1Oc1ccccn1. The first-order valence-electron chi connectivity index (χ1n) is 5.98. The Bertz CT molecular complexity index is 286. The lowest BCUT2D eigenvalue weighted by atomic mass is 10.0. The van der Waals surface area contributed by atoms with Gasteiger partial charge >= 0.3 is 0 Å². The van der Waals surface area contributed by atoms with Gasteiger partial charge in [0.1, 0.15) is 6.10 Å². The highest BCUT2D eigenvalue weighted by molar-refractivity contribution is 5.10. The number of hydrogen-bond acceptors (Lipinski definition) is 2. The molecule has 2 rings (SSSR count). The molecule has 1 aliphatic rings. The summed E-state index contributed by atoms with van der Waals surface area (Å²) in [5.74, 6) is 1.53. The predicted octanol–water partition coefficient (Wildman–Crippen LogP) is 3.43. The van der Waals surface area contributed by atoms with E-state index in [4.69, 9.17) is 4.74 Å². The topological polar surface area (TPSA) is 22.1 Å². The first-order valence-corrected chi connectivity index (χ1v) is 5.98. The summed E-state index contributed by atoms with van der Waals surface area (Å²) in [6, 6.07) is 5.85. The van der Waals surface area contributed by atoms with Crippen molar-refractivity contribution in [2.45, 2.75) is 45.1 Å². The lowest BCUT2D eigenvalue weighted by Gasteiger charge is -2.19. The van der Waals surface area contributed by atoms with Crippen LogP contribution in [0.2, 0.25) is 0 Å². The van der Waals surface area contributed by atoms with Crippen LogP contribution in [0.15, 0.2) is 24.4 Å². The normalized spacial score (nSPS) is 25.4. The van der Waals surface area contributed by atoms with E-state index in [1.807, 2.05) is 18.2 Å². The van der Waals surface area contributed by atoms with Crippen LogP contribution >= 0.6 is 0 Å². The van der Waals surface area contributed by atoms with Crippen molar-refractivity contribution in [1.29, 1.82) is 0 Å². The Balaban J connectivity index is 1.93. The van der Waals surface area contributed by atoms with Gasteiger partial charge < -0.3 is 4.74 Å². The lowest BCUT2D eigenvalue weighted by molar-refractivity contribution is 0.146. The van der Waals surface area contributed by atoms with Gasteiger partial charge in [-0.1, -0.05) is 19.4 Å². The minimum absolute atomic E-state index is 0.403. The van der Waals surface area contributed by atoms with Gasteiger partial charge in [-0.05, 0) is 37.7 Å². The number of hydrogen-bond donors (Lipinski definition) is 0. The Hall–Kier alpha value is -1.05. The van der Waals surface area contributed by atoms with Crippen molar-refractivity contribution in [2.24, 2.45) is 5.92 Å². The molecule has 0 N–H and O–H groups in total. The van der Waals surface area contributed by atoms with E-state index >= 15 is 0 Å². The molecule has 2 nitrogen and oxygen atoms in total. The summed E-state index contributed by atoms with van der Waals surface area (Å²) in [5, 5.41) is 0. The van der Waals surface area contributed by atoms with Crippen molar-refractivity contribution in [3.05, 3.63) is 24.4 Å². The van der Waals surface area contributed by atoms with Crippen LogP contribution in [0.5, 0.6) is 5.88 Å². The standard InChI is InChI=1S/C13H19NO/c1-2-6-11-7-5-8-12(11)15-13-9-3-4-10-14-13/h3-4,9-12H,2,5-8H2,1H3. The van der Waals surface area contributed by atoms with E-state index in [2.05, 4.69) is 11.9 Å². The zero-order valence-electron chi connectivity index (χ0n) is 9.36. The fourth-order valence-electron chi connectivity index (χ4n) is 2.43. The van der Waals surface area contributed by atoms with Gasteiger partial charge in [0.05, 0.1) is 0 Å². The van der Waals surface area contributed by atoms with E-state index in [-0.39, 0.29) is 0 Å². The van der Waals surface area contributed by atoms with Crippen molar-refractivity contribution in [1.82, 2.24) is 4.98 Å². The number of aromatic nitrogens is 1. The largest absolute Gasteiger partial charge is 0.474 e. The van der Waals surface area contributed by atoms with E-state index in [1.165, 1.54) is 32.1 Å².